The molecule has 0 N–H and O–H groups in total. The van der Waals surface area contributed by atoms with Gasteiger partial charge in [-0.2, -0.15) is 0 Å². The molecule has 1 aromatic heterocycles. The van der Waals surface area contributed by atoms with Crippen LogP contribution in [0.5, 0.6) is 5.06 Å². The lowest BCUT2D eigenvalue weighted by molar-refractivity contribution is 0.428. The average Bonchev–Trinajstić information content (AvgIpc) is 2.86. The van der Waals surface area contributed by atoms with Crippen molar-refractivity contribution in [3.63, 3.8) is 0 Å². The molecule has 0 radical (unpaired) electrons. The van der Waals surface area contributed by atoms with Crippen LogP contribution in [-0.4, -0.2) is 7.11 Å². The SMILES string of the molecule is COc1sccc1-c1cccc2ccccc12. The van der Waals surface area contributed by atoms with Crippen molar-refractivity contribution in [3.05, 3.63) is 53.9 Å². The Kier molecular flexibility index (Phi) is 2.57. The molecule has 0 unspecified atom stereocenters. The van der Waals surface area contributed by atoms with E-state index in [4.69, 9.17) is 4.74 Å². The molecule has 1 heterocycles. The molecule has 0 atom stereocenters. The molecule has 17 heavy (non-hydrogen) atoms. The Bertz CT molecular complexity index is 649. The summed E-state index contributed by atoms with van der Waals surface area (Å²) in [6.07, 6.45) is 0. The molecule has 3 aromatic rings. The molecule has 84 valence electrons. The van der Waals surface area contributed by atoms with Gasteiger partial charge in [-0.25, -0.2) is 0 Å². The fourth-order valence-electron chi connectivity index (χ4n) is 2.11. The summed E-state index contributed by atoms with van der Waals surface area (Å²) < 4.78 is 5.41. The van der Waals surface area contributed by atoms with E-state index in [1.54, 1.807) is 18.4 Å². The zero-order valence-electron chi connectivity index (χ0n) is 9.51. The third-order valence-corrected chi connectivity index (χ3v) is 3.77. The molecule has 2 aromatic carbocycles. The van der Waals surface area contributed by atoms with Crippen LogP contribution in [0.1, 0.15) is 0 Å². The maximum atomic E-state index is 5.41. The minimum atomic E-state index is 0.973. The van der Waals surface area contributed by atoms with Crippen molar-refractivity contribution in [2.24, 2.45) is 0 Å². The van der Waals surface area contributed by atoms with Crippen molar-refractivity contribution in [2.75, 3.05) is 7.11 Å². The Morgan fingerprint density at radius 2 is 1.71 bits per heavy atom. The van der Waals surface area contributed by atoms with Crippen molar-refractivity contribution in [1.29, 1.82) is 0 Å². The van der Waals surface area contributed by atoms with Gasteiger partial charge < -0.3 is 4.74 Å². The number of fused-ring (bicyclic) bond motifs is 1. The fourth-order valence-corrected chi connectivity index (χ4v) is 2.84. The zero-order chi connectivity index (χ0) is 11.7. The number of ether oxygens (including phenoxy) is 1. The van der Waals surface area contributed by atoms with Gasteiger partial charge in [-0.1, -0.05) is 42.5 Å². The lowest BCUT2D eigenvalue weighted by atomic mass is 10.0. The highest BCUT2D eigenvalue weighted by Crippen LogP contribution is 2.38. The van der Waals surface area contributed by atoms with Crippen LogP contribution in [-0.2, 0) is 0 Å². The minimum absolute atomic E-state index is 0.973. The van der Waals surface area contributed by atoms with Crippen LogP contribution in [0.2, 0.25) is 0 Å². The summed E-state index contributed by atoms with van der Waals surface area (Å²) in [6, 6.07) is 16.9. The predicted molar refractivity (Wildman–Crippen MR) is 73.8 cm³/mol. The van der Waals surface area contributed by atoms with E-state index in [1.165, 1.54) is 21.9 Å². The zero-order valence-corrected chi connectivity index (χ0v) is 10.3. The molecule has 2 heteroatoms. The average molecular weight is 240 g/mol. The van der Waals surface area contributed by atoms with Gasteiger partial charge in [0.15, 0.2) is 5.06 Å². The molecule has 0 fully saturated rings. The maximum Gasteiger partial charge on any atom is 0.181 e. The summed E-state index contributed by atoms with van der Waals surface area (Å²) in [5.41, 5.74) is 2.41. The lowest BCUT2D eigenvalue weighted by Gasteiger charge is -2.06. The smallest absolute Gasteiger partial charge is 0.181 e. The van der Waals surface area contributed by atoms with Gasteiger partial charge in [0.1, 0.15) is 0 Å². The first-order valence-electron chi connectivity index (χ1n) is 5.50. The summed E-state index contributed by atoms with van der Waals surface area (Å²) in [4.78, 5) is 0. The van der Waals surface area contributed by atoms with Crippen molar-refractivity contribution < 1.29 is 4.74 Å². The first-order chi connectivity index (χ1) is 8.40. The van der Waals surface area contributed by atoms with Crippen LogP contribution in [0.3, 0.4) is 0 Å². The summed E-state index contributed by atoms with van der Waals surface area (Å²) in [5.74, 6) is 0. The molecule has 0 bridgehead atoms. The number of rotatable bonds is 2. The van der Waals surface area contributed by atoms with Gasteiger partial charge in [0, 0.05) is 5.56 Å². The second-order valence-corrected chi connectivity index (χ2v) is 4.73. The summed E-state index contributed by atoms with van der Waals surface area (Å²) >= 11 is 1.63. The van der Waals surface area contributed by atoms with Crippen molar-refractivity contribution >= 4 is 22.1 Å². The highest BCUT2D eigenvalue weighted by atomic mass is 32.1. The standard InChI is InChI=1S/C15H12OS/c1-16-15-14(9-10-17-15)13-8-4-6-11-5-2-3-7-12(11)13/h2-10H,1H3. The van der Waals surface area contributed by atoms with E-state index in [0.29, 0.717) is 0 Å². The van der Waals surface area contributed by atoms with Gasteiger partial charge in [-0.15, -0.1) is 11.3 Å². The van der Waals surface area contributed by atoms with Gasteiger partial charge in [0.2, 0.25) is 0 Å². The number of benzene rings is 2. The van der Waals surface area contributed by atoms with Crippen LogP contribution in [0.25, 0.3) is 21.9 Å². The molecule has 0 spiro atoms. The Morgan fingerprint density at radius 3 is 2.59 bits per heavy atom. The maximum absolute atomic E-state index is 5.41. The van der Waals surface area contributed by atoms with Gasteiger partial charge in [-0.3, -0.25) is 0 Å². The van der Waals surface area contributed by atoms with Gasteiger partial charge in [-0.05, 0) is 27.8 Å². The van der Waals surface area contributed by atoms with Crippen LogP contribution >= 0.6 is 11.3 Å². The third kappa shape index (κ3) is 1.71. The Labute approximate surface area is 104 Å². The number of hydrogen-bond acceptors (Lipinski definition) is 2. The molecule has 3 rings (SSSR count). The molecule has 0 aliphatic rings. The van der Waals surface area contributed by atoms with E-state index >= 15 is 0 Å². The second-order valence-electron chi connectivity index (χ2n) is 3.85. The topological polar surface area (TPSA) is 9.23 Å². The molecule has 0 saturated carbocycles. The number of thiophene rings is 1. The highest BCUT2D eigenvalue weighted by molar-refractivity contribution is 7.12. The Balaban J connectivity index is 2.31. The number of methoxy groups -OCH3 is 1. The third-order valence-electron chi connectivity index (χ3n) is 2.89. The Hall–Kier alpha value is -1.80. The summed E-state index contributed by atoms with van der Waals surface area (Å²) in [5, 5.41) is 5.57. The quantitative estimate of drug-likeness (QED) is 0.637. The molecule has 1 nitrogen and oxygen atoms in total. The molecule has 0 aliphatic carbocycles. The summed E-state index contributed by atoms with van der Waals surface area (Å²) in [6.45, 7) is 0. The first-order valence-corrected chi connectivity index (χ1v) is 6.38. The second kappa shape index (κ2) is 4.22. The van der Waals surface area contributed by atoms with Crippen LogP contribution in [0.15, 0.2) is 53.9 Å². The van der Waals surface area contributed by atoms with Crippen LogP contribution < -0.4 is 4.74 Å². The van der Waals surface area contributed by atoms with Crippen molar-refractivity contribution in [2.45, 2.75) is 0 Å². The summed E-state index contributed by atoms with van der Waals surface area (Å²) in [7, 11) is 1.72. The molecule has 0 saturated heterocycles. The lowest BCUT2D eigenvalue weighted by Crippen LogP contribution is -1.83. The first kappa shape index (κ1) is 10.4. The van der Waals surface area contributed by atoms with Crippen LogP contribution in [0, 0.1) is 0 Å². The fraction of sp³-hybridized carbons (Fsp3) is 0.0667. The van der Waals surface area contributed by atoms with E-state index in [2.05, 4.69) is 53.9 Å². The highest BCUT2D eigenvalue weighted by Gasteiger charge is 2.09. The normalized spacial score (nSPS) is 10.6. The van der Waals surface area contributed by atoms with Gasteiger partial charge in [0.25, 0.3) is 0 Å². The minimum Gasteiger partial charge on any atom is -0.487 e. The molecular weight excluding hydrogens is 228 g/mol. The van der Waals surface area contributed by atoms with E-state index in [9.17, 15) is 0 Å². The van der Waals surface area contributed by atoms with Gasteiger partial charge >= 0.3 is 0 Å². The van der Waals surface area contributed by atoms with E-state index in [-0.39, 0.29) is 0 Å². The Morgan fingerprint density at radius 1 is 0.882 bits per heavy atom. The molecular formula is C15H12OS. The predicted octanol–water partition coefficient (Wildman–Crippen LogP) is 4.58. The van der Waals surface area contributed by atoms with Gasteiger partial charge in [0.05, 0.1) is 7.11 Å². The molecule has 0 amide bonds. The van der Waals surface area contributed by atoms with Crippen LogP contribution in [0.4, 0.5) is 0 Å². The molecule has 0 aliphatic heterocycles. The monoisotopic (exact) mass is 240 g/mol. The van der Waals surface area contributed by atoms with E-state index in [1.807, 2.05) is 0 Å². The van der Waals surface area contributed by atoms with Crippen molar-refractivity contribution in [3.8, 4) is 16.2 Å². The number of hydrogen-bond donors (Lipinski definition) is 0. The van der Waals surface area contributed by atoms with Crippen molar-refractivity contribution in [1.82, 2.24) is 0 Å². The van der Waals surface area contributed by atoms with E-state index < -0.39 is 0 Å². The van der Waals surface area contributed by atoms with E-state index in [0.717, 1.165) is 5.06 Å². The largest absolute Gasteiger partial charge is 0.487 e.